The van der Waals surface area contributed by atoms with Gasteiger partial charge in [-0.1, -0.05) is 13.8 Å². The summed E-state index contributed by atoms with van der Waals surface area (Å²) in [6.07, 6.45) is 2.48. The van der Waals surface area contributed by atoms with E-state index in [0.717, 1.165) is 6.42 Å². The summed E-state index contributed by atoms with van der Waals surface area (Å²) in [5.74, 6) is -1.62. The number of anilines is 1. The van der Waals surface area contributed by atoms with E-state index in [2.05, 4.69) is 10.6 Å². The Bertz CT molecular complexity index is 921. The van der Waals surface area contributed by atoms with Gasteiger partial charge in [-0.2, -0.15) is 0 Å². The molecule has 0 radical (unpaired) electrons. The molecule has 33 heavy (non-hydrogen) atoms. The van der Waals surface area contributed by atoms with Gasteiger partial charge in [0.2, 0.25) is 17.7 Å². The van der Waals surface area contributed by atoms with Gasteiger partial charge in [-0.3, -0.25) is 14.4 Å². The van der Waals surface area contributed by atoms with Gasteiger partial charge in [-0.25, -0.2) is 0 Å². The van der Waals surface area contributed by atoms with E-state index in [4.69, 9.17) is 9.47 Å². The number of hydrogen-bond donors (Lipinski definition) is 3. The first-order valence-electron chi connectivity index (χ1n) is 11.7. The van der Waals surface area contributed by atoms with Crippen LogP contribution in [0.3, 0.4) is 0 Å². The van der Waals surface area contributed by atoms with Crippen molar-refractivity contribution in [2.45, 2.75) is 56.8 Å². The minimum atomic E-state index is -1.09. The van der Waals surface area contributed by atoms with Gasteiger partial charge >= 0.3 is 0 Å². The summed E-state index contributed by atoms with van der Waals surface area (Å²) in [5.41, 5.74) is -1.29. The molecule has 2 unspecified atom stereocenters. The van der Waals surface area contributed by atoms with Gasteiger partial charge < -0.3 is 30.1 Å². The zero-order valence-electron chi connectivity index (χ0n) is 19.4. The molecular formula is C24H33N3O6. The standard InChI is InChI=1S/C24H33N3O6/c1-4-12-25-20(29)17-18-22(31)27(13-14-28)19(24(18)11-10-23(17,5-2)33-24)21(30)26-15-6-8-16(32-3)9-7-15/h6-9,17-19,28H,4-5,10-14H2,1-3H3,(H,25,29)(H,26,30)/t17-,18-,19?,23+,24?/m0/s1. The minimum Gasteiger partial charge on any atom is -0.497 e. The lowest BCUT2D eigenvalue weighted by atomic mass is 9.65. The summed E-state index contributed by atoms with van der Waals surface area (Å²) in [6, 6.07) is 5.99. The maximum atomic E-state index is 13.6. The zero-order chi connectivity index (χ0) is 23.8. The molecule has 180 valence electrons. The number of methoxy groups -OCH3 is 1. The predicted molar refractivity (Wildman–Crippen MR) is 121 cm³/mol. The summed E-state index contributed by atoms with van der Waals surface area (Å²) >= 11 is 0. The Labute approximate surface area is 193 Å². The van der Waals surface area contributed by atoms with Crippen LogP contribution in [0.15, 0.2) is 24.3 Å². The largest absolute Gasteiger partial charge is 0.497 e. The Morgan fingerprint density at radius 2 is 1.94 bits per heavy atom. The van der Waals surface area contributed by atoms with Crippen molar-refractivity contribution < 1.29 is 29.0 Å². The number of hydrogen-bond acceptors (Lipinski definition) is 6. The van der Waals surface area contributed by atoms with Gasteiger partial charge in [-0.15, -0.1) is 0 Å². The number of nitrogens with one attached hydrogen (secondary N) is 2. The highest BCUT2D eigenvalue weighted by Crippen LogP contribution is 2.64. The molecule has 2 bridgehead atoms. The Morgan fingerprint density at radius 1 is 1.21 bits per heavy atom. The molecule has 3 fully saturated rings. The van der Waals surface area contributed by atoms with Gasteiger partial charge in [0.1, 0.15) is 17.4 Å². The molecule has 5 atom stereocenters. The van der Waals surface area contributed by atoms with Crippen molar-refractivity contribution in [1.82, 2.24) is 10.2 Å². The average Bonchev–Trinajstić information content (AvgIpc) is 3.42. The molecule has 1 spiro atoms. The quantitative estimate of drug-likeness (QED) is 0.513. The van der Waals surface area contributed by atoms with E-state index >= 15 is 0 Å². The van der Waals surface area contributed by atoms with E-state index in [-0.39, 0.29) is 30.9 Å². The van der Waals surface area contributed by atoms with Crippen molar-refractivity contribution in [3.63, 3.8) is 0 Å². The Kier molecular flexibility index (Phi) is 6.37. The minimum absolute atomic E-state index is 0.00354. The summed E-state index contributed by atoms with van der Waals surface area (Å²) in [6.45, 7) is 4.17. The molecule has 1 aromatic carbocycles. The van der Waals surface area contributed by atoms with E-state index in [1.165, 1.54) is 4.90 Å². The second kappa shape index (κ2) is 8.95. The van der Waals surface area contributed by atoms with Crippen molar-refractivity contribution in [2.24, 2.45) is 11.8 Å². The van der Waals surface area contributed by atoms with Gasteiger partial charge in [0.15, 0.2) is 0 Å². The van der Waals surface area contributed by atoms with Crippen molar-refractivity contribution >= 4 is 23.4 Å². The first-order chi connectivity index (χ1) is 15.9. The van der Waals surface area contributed by atoms with Crippen LogP contribution in [0.1, 0.15) is 39.5 Å². The first kappa shape index (κ1) is 23.5. The third-order valence-corrected chi connectivity index (χ3v) is 7.46. The summed E-state index contributed by atoms with van der Waals surface area (Å²) in [4.78, 5) is 41.8. The smallest absolute Gasteiger partial charge is 0.250 e. The summed E-state index contributed by atoms with van der Waals surface area (Å²) in [7, 11) is 1.56. The Hall–Kier alpha value is -2.65. The predicted octanol–water partition coefficient (Wildman–Crippen LogP) is 1.31. The average molecular weight is 460 g/mol. The molecule has 3 aliphatic heterocycles. The number of rotatable bonds is 9. The molecule has 0 saturated carbocycles. The summed E-state index contributed by atoms with van der Waals surface area (Å²) in [5, 5.41) is 15.5. The van der Waals surface area contributed by atoms with E-state index in [9.17, 15) is 19.5 Å². The van der Waals surface area contributed by atoms with E-state index in [1.54, 1.807) is 31.4 Å². The third kappa shape index (κ3) is 3.58. The molecular weight excluding hydrogens is 426 g/mol. The molecule has 3 amide bonds. The highest BCUT2D eigenvalue weighted by molar-refractivity contribution is 6.03. The second-order valence-corrected chi connectivity index (χ2v) is 9.10. The monoisotopic (exact) mass is 459 g/mol. The van der Waals surface area contributed by atoms with Crippen LogP contribution in [0.2, 0.25) is 0 Å². The molecule has 4 rings (SSSR count). The van der Waals surface area contributed by atoms with Crippen LogP contribution in [0.4, 0.5) is 5.69 Å². The molecule has 0 aromatic heterocycles. The highest BCUT2D eigenvalue weighted by atomic mass is 16.5. The fourth-order valence-electron chi connectivity index (χ4n) is 6.01. The van der Waals surface area contributed by atoms with E-state index in [0.29, 0.717) is 37.2 Å². The topological polar surface area (TPSA) is 117 Å². The normalized spacial score (nSPS) is 32.1. The molecule has 0 aliphatic carbocycles. The van der Waals surface area contributed by atoms with Crippen LogP contribution in [0.25, 0.3) is 0 Å². The van der Waals surface area contributed by atoms with E-state index in [1.807, 2.05) is 13.8 Å². The van der Waals surface area contributed by atoms with Gasteiger partial charge in [-0.05, 0) is 49.9 Å². The first-order valence-corrected chi connectivity index (χ1v) is 11.7. The second-order valence-electron chi connectivity index (χ2n) is 9.10. The van der Waals surface area contributed by atoms with Gasteiger partial charge in [0, 0.05) is 18.8 Å². The number of aliphatic hydroxyl groups is 1. The van der Waals surface area contributed by atoms with Crippen molar-refractivity contribution in [3.05, 3.63) is 24.3 Å². The third-order valence-electron chi connectivity index (χ3n) is 7.46. The molecule has 3 saturated heterocycles. The maximum absolute atomic E-state index is 13.6. The number of carbonyl (C=O) groups excluding carboxylic acids is 3. The van der Waals surface area contributed by atoms with Crippen LogP contribution >= 0.6 is 0 Å². The van der Waals surface area contributed by atoms with Crippen molar-refractivity contribution in [2.75, 3.05) is 32.1 Å². The lowest BCUT2D eigenvalue weighted by molar-refractivity contribution is -0.146. The lowest BCUT2D eigenvalue weighted by Gasteiger charge is -2.33. The lowest BCUT2D eigenvalue weighted by Crippen LogP contribution is -2.53. The molecule has 1 aromatic rings. The SMILES string of the molecule is CCCNC(=O)[C@@H]1[C@H]2C(=O)N(CCO)C(C(=O)Nc3ccc(OC)cc3)C23CC[C@@]1(CC)O3. The highest BCUT2D eigenvalue weighted by Gasteiger charge is 2.78. The number of amides is 3. The van der Waals surface area contributed by atoms with Crippen molar-refractivity contribution in [1.29, 1.82) is 0 Å². The summed E-state index contributed by atoms with van der Waals surface area (Å²) < 4.78 is 11.8. The van der Waals surface area contributed by atoms with Gasteiger partial charge in [0.05, 0.1) is 31.2 Å². The molecule has 9 nitrogen and oxygen atoms in total. The van der Waals surface area contributed by atoms with Crippen LogP contribution < -0.4 is 15.4 Å². The molecule has 3 heterocycles. The number of ether oxygens (including phenoxy) is 2. The number of β-amino-alcohol motifs (C(OH)–C–C–N with tert-alkyl or cyclic N) is 1. The number of likely N-dealkylation sites (tertiary alicyclic amines) is 1. The fraction of sp³-hybridized carbons (Fsp3) is 0.625. The van der Waals surface area contributed by atoms with Crippen LogP contribution in [0, 0.1) is 11.8 Å². The number of benzene rings is 1. The van der Waals surface area contributed by atoms with E-state index < -0.39 is 29.1 Å². The van der Waals surface area contributed by atoms with Gasteiger partial charge in [0.25, 0.3) is 0 Å². The number of fused-ring (bicyclic) bond motifs is 1. The molecule has 3 N–H and O–H groups in total. The Morgan fingerprint density at radius 3 is 2.55 bits per heavy atom. The molecule has 3 aliphatic rings. The number of nitrogens with zero attached hydrogens (tertiary/aromatic N) is 1. The van der Waals surface area contributed by atoms with Crippen LogP contribution in [0.5, 0.6) is 5.75 Å². The maximum Gasteiger partial charge on any atom is 0.250 e. The molecule has 9 heteroatoms. The van der Waals surface area contributed by atoms with Crippen molar-refractivity contribution in [3.8, 4) is 5.75 Å². The van der Waals surface area contributed by atoms with Crippen LogP contribution in [-0.4, -0.2) is 71.8 Å². The van der Waals surface area contributed by atoms with Crippen LogP contribution in [-0.2, 0) is 19.1 Å². The Balaban J connectivity index is 1.69. The number of carbonyl (C=O) groups is 3. The fourth-order valence-corrected chi connectivity index (χ4v) is 6.01. The number of aliphatic hydroxyl groups excluding tert-OH is 1. The zero-order valence-corrected chi connectivity index (χ0v) is 19.4.